The number of carbonyl (C=O) groups is 1. The third kappa shape index (κ3) is 4.21. The highest BCUT2D eigenvalue weighted by Gasteiger charge is 2.29. The number of amides is 1. The molecule has 1 atom stereocenters. The minimum Gasteiger partial charge on any atom is -0.362 e. The maximum atomic E-state index is 12.8. The number of carbonyl (C=O) groups excluding carboxylic acids is 1. The van der Waals surface area contributed by atoms with Crippen LogP contribution in [0.3, 0.4) is 0 Å². The van der Waals surface area contributed by atoms with Crippen LogP contribution in [0.5, 0.6) is 0 Å². The van der Waals surface area contributed by atoms with Gasteiger partial charge in [-0.25, -0.2) is 4.98 Å². The van der Waals surface area contributed by atoms with Crippen LogP contribution in [0.25, 0.3) is 11.1 Å². The van der Waals surface area contributed by atoms with Crippen molar-refractivity contribution in [3.05, 3.63) is 41.6 Å². The van der Waals surface area contributed by atoms with Crippen molar-refractivity contribution in [2.75, 3.05) is 37.4 Å². The maximum absolute atomic E-state index is 12.8. The van der Waals surface area contributed by atoms with Gasteiger partial charge in [0, 0.05) is 43.8 Å². The number of rotatable bonds is 5. The van der Waals surface area contributed by atoms with Crippen LogP contribution in [-0.4, -0.2) is 48.8 Å². The molecule has 1 aromatic carbocycles. The first-order valence-electron chi connectivity index (χ1n) is 9.63. The van der Waals surface area contributed by atoms with E-state index in [0.29, 0.717) is 23.6 Å². The normalized spacial score (nSPS) is 15.7. The average molecular weight is 390 g/mol. The molecule has 2 heterocycles. The lowest BCUT2D eigenvalue weighted by Gasteiger charge is -2.16. The van der Waals surface area contributed by atoms with Gasteiger partial charge in [-0.1, -0.05) is 6.07 Å². The molecule has 2 aromatic rings. The first-order chi connectivity index (χ1) is 13.8. The van der Waals surface area contributed by atoms with Crippen molar-refractivity contribution < 1.29 is 4.79 Å². The van der Waals surface area contributed by atoms with Gasteiger partial charge in [0.05, 0.1) is 18.0 Å². The maximum Gasteiger partial charge on any atom is 0.235 e. The van der Waals surface area contributed by atoms with E-state index >= 15 is 0 Å². The van der Waals surface area contributed by atoms with Crippen molar-refractivity contribution in [1.29, 1.82) is 5.26 Å². The molecule has 29 heavy (non-hydrogen) atoms. The standard InChI is InChI=1S/C22H26N6O/c1-6-28-13-20(15(3)26-28)22(29)25-18-8-7-14(2)19(10-18)17-9-16(11-23)21(24-12-17)27(4)5/h7-10,12,20H,6,13H2,1-5H3,(H,25,29). The van der Waals surface area contributed by atoms with Crippen LogP contribution in [-0.2, 0) is 4.79 Å². The fraction of sp³-hybridized carbons (Fsp3) is 0.364. The molecular weight excluding hydrogens is 364 g/mol. The van der Waals surface area contributed by atoms with Gasteiger partial charge in [0.15, 0.2) is 0 Å². The van der Waals surface area contributed by atoms with Crippen molar-refractivity contribution in [1.82, 2.24) is 9.99 Å². The molecule has 1 aliphatic heterocycles. The molecule has 0 fully saturated rings. The summed E-state index contributed by atoms with van der Waals surface area (Å²) in [6.45, 7) is 7.30. The van der Waals surface area contributed by atoms with Gasteiger partial charge in [0.25, 0.3) is 0 Å². The van der Waals surface area contributed by atoms with Crippen molar-refractivity contribution in [2.45, 2.75) is 20.8 Å². The Kier molecular flexibility index (Phi) is 5.83. The molecule has 0 bridgehead atoms. The lowest BCUT2D eigenvalue weighted by atomic mass is 9.99. The summed E-state index contributed by atoms with van der Waals surface area (Å²) in [6.07, 6.45) is 1.76. The third-order valence-corrected chi connectivity index (χ3v) is 5.11. The molecule has 7 heteroatoms. The molecule has 0 aliphatic carbocycles. The van der Waals surface area contributed by atoms with E-state index in [9.17, 15) is 10.1 Å². The van der Waals surface area contributed by atoms with E-state index in [2.05, 4.69) is 21.5 Å². The number of nitriles is 1. The Morgan fingerprint density at radius 1 is 1.34 bits per heavy atom. The van der Waals surface area contributed by atoms with Crippen molar-refractivity contribution >= 4 is 23.1 Å². The van der Waals surface area contributed by atoms with Crippen LogP contribution in [0.15, 0.2) is 35.6 Å². The Labute approximate surface area is 171 Å². The largest absolute Gasteiger partial charge is 0.362 e. The topological polar surface area (TPSA) is 84.6 Å². The molecule has 150 valence electrons. The van der Waals surface area contributed by atoms with Crippen LogP contribution in [0.2, 0.25) is 0 Å². The Bertz CT molecular complexity index is 1000. The molecule has 0 saturated heterocycles. The van der Waals surface area contributed by atoms with Crippen molar-refractivity contribution in [2.24, 2.45) is 11.0 Å². The lowest BCUT2D eigenvalue weighted by molar-refractivity contribution is -0.118. The number of aryl methyl sites for hydroxylation is 1. The van der Waals surface area contributed by atoms with Gasteiger partial charge in [0.2, 0.25) is 5.91 Å². The van der Waals surface area contributed by atoms with Crippen LogP contribution < -0.4 is 10.2 Å². The quantitative estimate of drug-likeness (QED) is 0.847. The Morgan fingerprint density at radius 2 is 2.10 bits per heavy atom. The van der Waals surface area contributed by atoms with E-state index in [-0.39, 0.29) is 11.8 Å². The van der Waals surface area contributed by atoms with E-state index in [1.54, 1.807) is 6.20 Å². The van der Waals surface area contributed by atoms with E-state index < -0.39 is 0 Å². The van der Waals surface area contributed by atoms with Crippen molar-refractivity contribution in [3.8, 4) is 17.2 Å². The Hall–Kier alpha value is -3.40. The number of benzene rings is 1. The average Bonchev–Trinajstić information content (AvgIpc) is 3.09. The van der Waals surface area contributed by atoms with Gasteiger partial charge in [-0.3, -0.25) is 9.80 Å². The molecular formula is C22H26N6O. The second kappa shape index (κ2) is 8.31. The fourth-order valence-electron chi connectivity index (χ4n) is 3.43. The molecule has 0 saturated carbocycles. The van der Waals surface area contributed by atoms with Crippen LogP contribution in [0, 0.1) is 24.2 Å². The molecule has 1 unspecified atom stereocenters. The molecule has 3 rings (SSSR count). The number of anilines is 2. The highest BCUT2D eigenvalue weighted by Crippen LogP contribution is 2.29. The molecule has 1 N–H and O–H groups in total. The number of pyridine rings is 1. The zero-order valence-electron chi connectivity index (χ0n) is 17.5. The number of hydrazone groups is 1. The smallest absolute Gasteiger partial charge is 0.235 e. The van der Waals surface area contributed by atoms with Crippen molar-refractivity contribution in [3.63, 3.8) is 0 Å². The monoisotopic (exact) mass is 390 g/mol. The third-order valence-electron chi connectivity index (χ3n) is 5.11. The van der Waals surface area contributed by atoms with Crippen LogP contribution in [0.4, 0.5) is 11.5 Å². The number of hydrogen-bond donors (Lipinski definition) is 1. The summed E-state index contributed by atoms with van der Waals surface area (Å²) in [4.78, 5) is 19.0. The summed E-state index contributed by atoms with van der Waals surface area (Å²) in [5.74, 6) is 0.330. The molecule has 7 nitrogen and oxygen atoms in total. The summed E-state index contributed by atoms with van der Waals surface area (Å²) < 4.78 is 0. The molecule has 1 aliphatic rings. The highest BCUT2D eigenvalue weighted by molar-refractivity contribution is 6.09. The molecule has 0 spiro atoms. The summed E-state index contributed by atoms with van der Waals surface area (Å²) in [5, 5.41) is 18.8. The van der Waals surface area contributed by atoms with Gasteiger partial charge in [-0.15, -0.1) is 0 Å². The summed E-state index contributed by atoms with van der Waals surface area (Å²) >= 11 is 0. The Morgan fingerprint density at radius 3 is 2.72 bits per heavy atom. The van der Waals surface area contributed by atoms with Gasteiger partial charge < -0.3 is 10.2 Å². The minimum atomic E-state index is -0.245. The van der Waals surface area contributed by atoms with E-state index in [1.807, 2.05) is 69.0 Å². The predicted molar refractivity (Wildman–Crippen MR) is 116 cm³/mol. The first kappa shape index (κ1) is 20.3. The van der Waals surface area contributed by atoms with Crippen LogP contribution >= 0.6 is 0 Å². The van der Waals surface area contributed by atoms with Gasteiger partial charge >= 0.3 is 0 Å². The summed E-state index contributed by atoms with van der Waals surface area (Å²) in [5.41, 5.74) is 4.88. The first-order valence-corrected chi connectivity index (χ1v) is 9.63. The summed E-state index contributed by atoms with van der Waals surface area (Å²) in [6, 6.07) is 9.83. The minimum absolute atomic E-state index is 0.0594. The number of hydrogen-bond acceptors (Lipinski definition) is 6. The number of nitrogens with one attached hydrogen (secondary N) is 1. The predicted octanol–water partition coefficient (Wildman–Crippen LogP) is 3.26. The van der Waals surface area contributed by atoms with E-state index in [0.717, 1.165) is 28.9 Å². The highest BCUT2D eigenvalue weighted by atomic mass is 16.2. The molecule has 1 aromatic heterocycles. The summed E-state index contributed by atoms with van der Waals surface area (Å²) in [7, 11) is 3.72. The second-order valence-corrected chi connectivity index (χ2v) is 7.42. The Balaban J connectivity index is 1.87. The van der Waals surface area contributed by atoms with E-state index in [4.69, 9.17) is 0 Å². The van der Waals surface area contributed by atoms with Gasteiger partial charge in [0.1, 0.15) is 11.9 Å². The SMILES string of the molecule is CCN1CC(C(=O)Nc2ccc(C)c(-c3cnc(N(C)C)c(C#N)c3)c2)C(C)=N1. The number of aromatic nitrogens is 1. The van der Waals surface area contributed by atoms with Gasteiger partial charge in [-0.05, 0) is 50.1 Å². The lowest BCUT2D eigenvalue weighted by Crippen LogP contribution is -2.31. The van der Waals surface area contributed by atoms with Gasteiger partial charge in [-0.2, -0.15) is 10.4 Å². The molecule has 0 radical (unpaired) electrons. The zero-order chi connectivity index (χ0) is 21.1. The zero-order valence-corrected chi connectivity index (χ0v) is 17.5. The molecule has 1 amide bonds. The van der Waals surface area contributed by atoms with Crippen LogP contribution in [0.1, 0.15) is 25.0 Å². The second-order valence-electron chi connectivity index (χ2n) is 7.42. The fourth-order valence-corrected chi connectivity index (χ4v) is 3.43. The number of nitrogens with zero attached hydrogens (tertiary/aromatic N) is 5. The van der Waals surface area contributed by atoms with E-state index in [1.165, 1.54) is 0 Å².